The third-order valence-corrected chi connectivity index (χ3v) is 3.40. The maximum Gasteiger partial charge on any atom is 0.201 e. The van der Waals surface area contributed by atoms with E-state index in [0.29, 0.717) is 15.9 Å². The van der Waals surface area contributed by atoms with Crippen molar-refractivity contribution in [2.24, 2.45) is 0 Å². The first-order valence-electron chi connectivity index (χ1n) is 5.17. The summed E-state index contributed by atoms with van der Waals surface area (Å²) in [6.45, 7) is 4.10. The molecule has 1 heterocycles. The molecule has 0 amide bonds. The second kappa shape index (κ2) is 4.05. The number of anilines is 1. The summed E-state index contributed by atoms with van der Waals surface area (Å²) in [5.74, 6) is 0.138. The van der Waals surface area contributed by atoms with Crippen LogP contribution in [0.3, 0.4) is 0 Å². The molecule has 5 heteroatoms. The van der Waals surface area contributed by atoms with Crippen LogP contribution in [0.25, 0.3) is 11.0 Å². The fourth-order valence-corrected chi connectivity index (χ4v) is 2.09. The third-order valence-electron chi connectivity index (χ3n) is 2.79. The average Bonchev–Trinajstić information content (AvgIpc) is 2.54. The van der Waals surface area contributed by atoms with Gasteiger partial charge in [-0.15, -0.1) is 0 Å². The molecule has 1 atom stereocenters. The molecule has 1 unspecified atom stereocenters. The number of hydrogen-bond acceptors (Lipinski definition) is 2. The largest absolute Gasteiger partial charge is 0.369 e. The maximum absolute atomic E-state index is 13.5. The molecule has 0 bridgehead atoms. The lowest BCUT2D eigenvalue weighted by molar-refractivity contribution is 0.550. The van der Waals surface area contributed by atoms with Gasteiger partial charge in [0.25, 0.3) is 0 Å². The fraction of sp³-hybridized carbons (Fsp3) is 0.364. The molecule has 2 aromatic rings. The van der Waals surface area contributed by atoms with Crippen molar-refractivity contribution in [2.45, 2.75) is 26.3 Å². The molecule has 0 saturated heterocycles. The number of halogens is 2. The van der Waals surface area contributed by atoms with Gasteiger partial charge >= 0.3 is 0 Å². The number of nitrogens with two attached hydrogens (primary N) is 1. The Morgan fingerprint density at radius 2 is 2.25 bits per heavy atom. The van der Waals surface area contributed by atoms with E-state index in [0.717, 1.165) is 11.9 Å². The molecule has 0 aliphatic heterocycles. The normalized spacial score (nSPS) is 13.2. The summed E-state index contributed by atoms with van der Waals surface area (Å²) < 4.78 is 15.8. The van der Waals surface area contributed by atoms with Crippen molar-refractivity contribution in [2.75, 3.05) is 5.73 Å². The minimum absolute atomic E-state index is 0.213. The van der Waals surface area contributed by atoms with Gasteiger partial charge in [0.05, 0.1) is 15.5 Å². The standard InChI is InChI=1S/C11H13BrFN3/c1-3-6(2)16-10-5-8(13)7(12)4-9(10)15-11(16)14/h4-6H,3H2,1-2H3,(H2,14,15). The van der Waals surface area contributed by atoms with E-state index in [-0.39, 0.29) is 11.9 Å². The molecule has 0 saturated carbocycles. The van der Waals surface area contributed by atoms with E-state index in [1.54, 1.807) is 6.07 Å². The molecule has 2 rings (SSSR count). The molecular formula is C11H13BrFN3. The minimum atomic E-state index is -0.294. The fourth-order valence-electron chi connectivity index (χ4n) is 1.75. The summed E-state index contributed by atoms with van der Waals surface area (Å²) in [6.07, 6.45) is 0.924. The highest BCUT2D eigenvalue weighted by molar-refractivity contribution is 9.10. The summed E-state index contributed by atoms with van der Waals surface area (Å²) in [5.41, 5.74) is 7.30. The molecule has 2 N–H and O–H groups in total. The quantitative estimate of drug-likeness (QED) is 0.918. The van der Waals surface area contributed by atoms with E-state index in [9.17, 15) is 4.39 Å². The van der Waals surface area contributed by atoms with E-state index in [1.165, 1.54) is 6.07 Å². The zero-order chi connectivity index (χ0) is 11.9. The highest BCUT2D eigenvalue weighted by atomic mass is 79.9. The first kappa shape index (κ1) is 11.4. The number of nitrogens with zero attached hydrogens (tertiary/aromatic N) is 2. The third kappa shape index (κ3) is 1.69. The number of hydrogen-bond donors (Lipinski definition) is 1. The summed E-state index contributed by atoms with van der Waals surface area (Å²) >= 11 is 3.14. The van der Waals surface area contributed by atoms with Gasteiger partial charge in [0, 0.05) is 12.1 Å². The topological polar surface area (TPSA) is 43.8 Å². The predicted octanol–water partition coefficient (Wildman–Crippen LogP) is 3.49. The van der Waals surface area contributed by atoms with Crippen LogP contribution in [0.1, 0.15) is 26.3 Å². The number of nitrogen functional groups attached to an aromatic ring is 1. The van der Waals surface area contributed by atoms with Gasteiger partial charge in [0.15, 0.2) is 0 Å². The van der Waals surface area contributed by atoms with Crippen molar-refractivity contribution < 1.29 is 4.39 Å². The van der Waals surface area contributed by atoms with Gasteiger partial charge in [-0.25, -0.2) is 9.37 Å². The lowest BCUT2D eigenvalue weighted by Gasteiger charge is -2.13. The van der Waals surface area contributed by atoms with Crippen LogP contribution in [0.4, 0.5) is 10.3 Å². The molecule has 1 aromatic heterocycles. The van der Waals surface area contributed by atoms with E-state index in [2.05, 4.69) is 27.8 Å². The number of rotatable bonds is 2. The van der Waals surface area contributed by atoms with Crippen LogP contribution < -0.4 is 5.73 Å². The molecule has 0 aliphatic rings. The lowest BCUT2D eigenvalue weighted by atomic mass is 10.2. The Hall–Kier alpha value is -1.10. The monoisotopic (exact) mass is 285 g/mol. The van der Waals surface area contributed by atoms with Crippen LogP contribution in [0.2, 0.25) is 0 Å². The molecule has 0 aliphatic carbocycles. The molecule has 16 heavy (non-hydrogen) atoms. The molecule has 0 spiro atoms. The van der Waals surface area contributed by atoms with Gasteiger partial charge in [0.2, 0.25) is 5.95 Å². The van der Waals surface area contributed by atoms with Crippen LogP contribution in [-0.2, 0) is 0 Å². The smallest absolute Gasteiger partial charge is 0.201 e. The zero-order valence-corrected chi connectivity index (χ0v) is 10.8. The van der Waals surface area contributed by atoms with Crippen LogP contribution in [0.15, 0.2) is 16.6 Å². The van der Waals surface area contributed by atoms with Gasteiger partial charge in [-0.05, 0) is 35.3 Å². The Kier molecular flexibility index (Phi) is 2.88. The van der Waals surface area contributed by atoms with Crippen LogP contribution >= 0.6 is 15.9 Å². The van der Waals surface area contributed by atoms with Crippen molar-refractivity contribution in [3.63, 3.8) is 0 Å². The zero-order valence-electron chi connectivity index (χ0n) is 9.17. The lowest BCUT2D eigenvalue weighted by Crippen LogP contribution is -2.07. The summed E-state index contributed by atoms with van der Waals surface area (Å²) in [6, 6.07) is 3.33. The van der Waals surface area contributed by atoms with E-state index < -0.39 is 0 Å². The van der Waals surface area contributed by atoms with E-state index >= 15 is 0 Å². The van der Waals surface area contributed by atoms with Gasteiger partial charge in [-0.1, -0.05) is 6.92 Å². The van der Waals surface area contributed by atoms with Crippen molar-refractivity contribution in [3.8, 4) is 0 Å². The van der Waals surface area contributed by atoms with Crippen LogP contribution in [0, 0.1) is 5.82 Å². The number of imidazole rings is 1. The first-order chi connectivity index (χ1) is 7.54. The van der Waals surface area contributed by atoms with Crippen LogP contribution in [-0.4, -0.2) is 9.55 Å². The maximum atomic E-state index is 13.5. The second-order valence-electron chi connectivity index (χ2n) is 3.85. The molecule has 86 valence electrons. The van der Waals surface area contributed by atoms with Crippen molar-refractivity contribution >= 4 is 32.9 Å². The predicted molar refractivity (Wildman–Crippen MR) is 66.8 cm³/mol. The Morgan fingerprint density at radius 1 is 1.56 bits per heavy atom. The summed E-state index contributed by atoms with van der Waals surface area (Å²) in [5, 5.41) is 0. The Morgan fingerprint density at radius 3 is 2.88 bits per heavy atom. The van der Waals surface area contributed by atoms with Crippen molar-refractivity contribution in [3.05, 3.63) is 22.4 Å². The molecule has 0 radical (unpaired) electrons. The molecule has 0 fully saturated rings. The first-order valence-corrected chi connectivity index (χ1v) is 5.96. The highest BCUT2D eigenvalue weighted by Gasteiger charge is 2.14. The van der Waals surface area contributed by atoms with Crippen molar-refractivity contribution in [1.29, 1.82) is 0 Å². The summed E-state index contributed by atoms with van der Waals surface area (Å²) in [4.78, 5) is 4.23. The minimum Gasteiger partial charge on any atom is -0.369 e. The van der Waals surface area contributed by atoms with Gasteiger partial charge in [-0.2, -0.15) is 0 Å². The van der Waals surface area contributed by atoms with E-state index in [4.69, 9.17) is 5.73 Å². The number of aromatic nitrogens is 2. The van der Waals surface area contributed by atoms with Crippen LogP contribution in [0.5, 0.6) is 0 Å². The number of fused-ring (bicyclic) bond motifs is 1. The molecule has 3 nitrogen and oxygen atoms in total. The molecular weight excluding hydrogens is 273 g/mol. The average molecular weight is 286 g/mol. The second-order valence-corrected chi connectivity index (χ2v) is 4.71. The van der Waals surface area contributed by atoms with E-state index in [1.807, 2.05) is 11.5 Å². The van der Waals surface area contributed by atoms with Gasteiger partial charge in [0.1, 0.15) is 5.82 Å². The highest BCUT2D eigenvalue weighted by Crippen LogP contribution is 2.28. The number of benzene rings is 1. The molecule has 1 aromatic carbocycles. The SMILES string of the molecule is CCC(C)n1c(N)nc2cc(Br)c(F)cc21. The summed E-state index contributed by atoms with van der Waals surface area (Å²) in [7, 11) is 0. The Bertz CT molecular complexity index is 535. The Balaban J connectivity index is 2.73. The van der Waals surface area contributed by atoms with Crippen molar-refractivity contribution in [1.82, 2.24) is 9.55 Å². The van der Waals surface area contributed by atoms with Gasteiger partial charge in [-0.3, -0.25) is 0 Å². The Labute approximate surface area is 102 Å². The van der Waals surface area contributed by atoms with Gasteiger partial charge < -0.3 is 10.3 Å².